The maximum absolute atomic E-state index is 12.4. The Kier molecular flexibility index (Phi) is 5.54. The second kappa shape index (κ2) is 7.81. The summed E-state index contributed by atoms with van der Waals surface area (Å²) >= 11 is 0. The van der Waals surface area contributed by atoms with E-state index in [9.17, 15) is 9.90 Å². The number of rotatable bonds is 4. The smallest absolute Gasteiger partial charge is 0.315 e. The Morgan fingerprint density at radius 1 is 1.09 bits per heavy atom. The predicted octanol–water partition coefficient (Wildman–Crippen LogP) is 2.22. The molecule has 2 fully saturated rings. The summed E-state index contributed by atoms with van der Waals surface area (Å²) in [4.78, 5) is 12.4. The SMILES string of the molecule is O=C(NC1CCCCC1CO)NC1CCCCC1n1cccn1. The number of hydrogen-bond donors (Lipinski definition) is 3. The molecule has 2 saturated carbocycles. The third-order valence-electron chi connectivity index (χ3n) is 5.37. The normalized spacial score (nSPS) is 31.5. The van der Waals surface area contributed by atoms with Crippen LogP contribution >= 0.6 is 0 Å². The summed E-state index contributed by atoms with van der Waals surface area (Å²) in [5.41, 5.74) is 0. The number of aromatic nitrogens is 2. The van der Waals surface area contributed by atoms with Gasteiger partial charge in [0.2, 0.25) is 0 Å². The van der Waals surface area contributed by atoms with Crippen molar-refractivity contribution in [1.82, 2.24) is 20.4 Å². The van der Waals surface area contributed by atoms with Gasteiger partial charge in [-0.15, -0.1) is 0 Å². The van der Waals surface area contributed by atoms with Gasteiger partial charge in [-0.3, -0.25) is 4.68 Å². The van der Waals surface area contributed by atoms with Crippen molar-refractivity contribution in [3.63, 3.8) is 0 Å². The van der Waals surface area contributed by atoms with Gasteiger partial charge in [-0.05, 0) is 31.7 Å². The lowest BCUT2D eigenvalue weighted by molar-refractivity contribution is 0.151. The number of urea groups is 1. The van der Waals surface area contributed by atoms with E-state index in [-0.39, 0.29) is 36.7 Å². The summed E-state index contributed by atoms with van der Waals surface area (Å²) < 4.78 is 1.97. The molecule has 3 N–H and O–H groups in total. The van der Waals surface area contributed by atoms with Gasteiger partial charge in [-0.1, -0.05) is 25.7 Å². The largest absolute Gasteiger partial charge is 0.396 e. The Bertz CT molecular complexity index is 491. The maximum Gasteiger partial charge on any atom is 0.315 e. The van der Waals surface area contributed by atoms with Crippen LogP contribution in [0.3, 0.4) is 0 Å². The molecule has 0 spiro atoms. The van der Waals surface area contributed by atoms with Crippen LogP contribution in [0.5, 0.6) is 0 Å². The lowest BCUT2D eigenvalue weighted by atomic mass is 9.85. The molecule has 2 amide bonds. The summed E-state index contributed by atoms with van der Waals surface area (Å²) in [6, 6.07) is 2.30. The quantitative estimate of drug-likeness (QED) is 0.796. The molecule has 128 valence electrons. The van der Waals surface area contributed by atoms with E-state index in [1.807, 2.05) is 16.9 Å². The minimum atomic E-state index is -0.0978. The molecular weight excluding hydrogens is 292 g/mol. The van der Waals surface area contributed by atoms with E-state index < -0.39 is 0 Å². The Balaban J connectivity index is 1.57. The second-order valence-corrected chi connectivity index (χ2v) is 6.90. The van der Waals surface area contributed by atoms with Crippen molar-refractivity contribution >= 4 is 6.03 Å². The first-order chi connectivity index (χ1) is 11.3. The van der Waals surface area contributed by atoms with Crippen LogP contribution in [0.4, 0.5) is 4.79 Å². The van der Waals surface area contributed by atoms with E-state index in [2.05, 4.69) is 15.7 Å². The van der Waals surface area contributed by atoms with E-state index in [4.69, 9.17) is 0 Å². The summed E-state index contributed by atoms with van der Waals surface area (Å²) in [5, 5.41) is 20.1. The molecule has 0 aliphatic heterocycles. The zero-order valence-corrected chi connectivity index (χ0v) is 13.7. The zero-order chi connectivity index (χ0) is 16.1. The average Bonchev–Trinajstić information content (AvgIpc) is 3.10. The van der Waals surface area contributed by atoms with Crippen molar-refractivity contribution in [3.8, 4) is 0 Å². The molecule has 23 heavy (non-hydrogen) atoms. The summed E-state index contributed by atoms with van der Waals surface area (Å²) in [6.45, 7) is 0.157. The first-order valence-corrected chi connectivity index (χ1v) is 8.95. The van der Waals surface area contributed by atoms with Gasteiger partial charge in [0.15, 0.2) is 0 Å². The molecule has 4 atom stereocenters. The van der Waals surface area contributed by atoms with Gasteiger partial charge in [0.25, 0.3) is 0 Å². The van der Waals surface area contributed by atoms with Crippen LogP contribution in [-0.4, -0.2) is 39.6 Å². The molecule has 2 aliphatic rings. The molecule has 0 saturated heterocycles. The summed E-state index contributed by atoms with van der Waals surface area (Å²) in [7, 11) is 0. The predicted molar refractivity (Wildman–Crippen MR) is 88.0 cm³/mol. The number of nitrogens with one attached hydrogen (secondary N) is 2. The number of aliphatic hydroxyl groups is 1. The van der Waals surface area contributed by atoms with Gasteiger partial charge in [-0.2, -0.15) is 5.10 Å². The highest BCUT2D eigenvalue weighted by Crippen LogP contribution is 2.28. The summed E-state index contributed by atoms with van der Waals surface area (Å²) in [5.74, 6) is 0.197. The number of hydrogen-bond acceptors (Lipinski definition) is 3. The molecule has 1 aromatic heterocycles. The van der Waals surface area contributed by atoms with Crippen molar-refractivity contribution in [1.29, 1.82) is 0 Å². The van der Waals surface area contributed by atoms with Gasteiger partial charge in [0.05, 0.1) is 12.1 Å². The highest BCUT2D eigenvalue weighted by atomic mass is 16.3. The van der Waals surface area contributed by atoms with E-state index in [0.29, 0.717) is 0 Å². The second-order valence-electron chi connectivity index (χ2n) is 6.90. The van der Waals surface area contributed by atoms with Crippen LogP contribution in [0, 0.1) is 5.92 Å². The molecule has 0 aromatic carbocycles. The molecule has 0 radical (unpaired) electrons. The number of amides is 2. The van der Waals surface area contributed by atoms with E-state index in [0.717, 1.165) is 44.9 Å². The molecule has 4 unspecified atom stereocenters. The fraction of sp³-hybridized carbons (Fsp3) is 0.765. The molecule has 1 heterocycles. The van der Waals surface area contributed by atoms with Crippen LogP contribution in [0.25, 0.3) is 0 Å². The fourth-order valence-corrected chi connectivity index (χ4v) is 4.07. The first-order valence-electron chi connectivity index (χ1n) is 8.95. The van der Waals surface area contributed by atoms with Crippen LogP contribution in [-0.2, 0) is 0 Å². The Morgan fingerprint density at radius 3 is 2.52 bits per heavy atom. The van der Waals surface area contributed by atoms with Gasteiger partial charge in [0.1, 0.15) is 0 Å². The molecule has 3 rings (SSSR count). The standard InChI is InChI=1S/C17H28N4O2/c22-12-13-6-1-2-7-14(13)19-17(23)20-15-8-3-4-9-16(15)21-11-5-10-18-21/h5,10-11,13-16,22H,1-4,6-9,12H2,(H2,19,20,23). The Hall–Kier alpha value is -1.56. The van der Waals surface area contributed by atoms with Gasteiger partial charge in [-0.25, -0.2) is 4.79 Å². The molecule has 6 nitrogen and oxygen atoms in total. The van der Waals surface area contributed by atoms with Crippen LogP contribution < -0.4 is 10.6 Å². The topological polar surface area (TPSA) is 79.2 Å². The lowest BCUT2D eigenvalue weighted by Crippen LogP contribution is -2.52. The van der Waals surface area contributed by atoms with Crippen molar-refractivity contribution in [2.24, 2.45) is 5.92 Å². The maximum atomic E-state index is 12.4. The van der Waals surface area contributed by atoms with Crippen molar-refractivity contribution in [3.05, 3.63) is 18.5 Å². The number of carbonyl (C=O) groups is 1. The number of nitrogens with zero attached hydrogens (tertiary/aromatic N) is 2. The van der Waals surface area contributed by atoms with Crippen molar-refractivity contribution in [2.75, 3.05) is 6.61 Å². The molecule has 0 bridgehead atoms. The van der Waals surface area contributed by atoms with E-state index >= 15 is 0 Å². The van der Waals surface area contributed by atoms with Gasteiger partial charge >= 0.3 is 6.03 Å². The zero-order valence-electron chi connectivity index (χ0n) is 13.7. The highest BCUT2D eigenvalue weighted by molar-refractivity contribution is 5.74. The summed E-state index contributed by atoms with van der Waals surface area (Å²) in [6.07, 6.45) is 12.4. The van der Waals surface area contributed by atoms with Crippen molar-refractivity contribution < 1.29 is 9.90 Å². The van der Waals surface area contributed by atoms with Crippen LogP contribution in [0.1, 0.15) is 57.4 Å². The lowest BCUT2D eigenvalue weighted by Gasteiger charge is -2.34. The number of aliphatic hydroxyl groups excluding tert-OH is 1. The monoisotopic (exact) mass is 320 g/mol. The molecular formula is C17H28N4O2. The third kappa shape index (κ3) is 4.05. The number of carbonyl (C=O) groups excluding carboxylic acids is 1. The molecule has 6 heteroatoms. The van der Waals surface area contributed by atoms with E-state index in [1.165, 1.54) is 6.42 Å². The highest BCUT2D eigenvalue weighted by Gasteiger charge is 2.30. The molecule has 1 aromatic rings. The van der Waals surface area contributed by atoms with Gasteiger partial charge in [0, 0.05) is 31.0 Å². The van der Waals surface area contributed by atoms with Crippen molar-refractivity contribution in [2.45, 2.75) is 69.5 Å². The van der Waals surface area contributed by atoms with Crippen LogP contribution in [0.2, 0.25) is 0 Å². The molecule has 2 aliphatic carbocycles. The Morgan fingerprint density at radius 2 is 1.78 bits per heavy atom. The minimum absolute atomic E-state index is 0.0977. The minimum Gasteiger partial charge on any atom is -0.396 e. The Labute approximate surface area is 137 Å². The van der Waals surface area contributed by atoms with Crippen LogP contribution in [0.15, 0.2) is 18.5 Å². The fourth-order valence-electron chi connectivity index (χ4n) is 4.07. The van der Waals surface area contributed by atoms with E-state index in [1.54, 1.807) is 6.20 Å². The first kappa shape index (κ1) is 16.3. The average molecular weight is 320 g/mol. The van der Waals surface area contributed by atoms with Gasteiger partial charge < -0.3 is 15.7 Å². The third-order valence-corrected chi connectivity index (χ3v) is 5.37.